The molecule has 0 saturated heterocycles. The van der Waals surface area contributed by atoms with E-state index in [0.29, 0.717) is 23.0 Å². The van der Waals surface area contributed by atoms with Crippen molar-refractivity contribution in [3.05, 3.63) is 40.2 Å². The van der Waals surface area contributed by atoms with E-state index in [0.717, 1.165) is 5.57 Å². The molecule has 1 aromatic carbocycles. The van der Waals surface area contributed by atoms with Crippen LogP contribution in [0.15, 0.2) is 23.8 Å². The first-order valence-electron chi connectivity index (χ1n) is 4.90. The van der Waals surface area contributed by atoms with Gasteiger partial charge in [0.1, 0.15) is 5.82 Å². The van der Waals surface area contributed by atoms with Crippen LogP contribution in [0.4, 0.5) is 4.39 Å². The number of nitrogens with two attached hydrogens (primary N) is 1. The normalized spacial score (nSPS) is 12.3. The van der Waals surface area contributed by atoms with Gasteiger partial charge in [0.2, 0.25) is 0 Å². The smallest absolute Gasteiger partial charge is 0.131 e. The number of halogens is 2. The molecule has 0 aliphatic heterocycles. The summed E-state index contributed by atoms with van der Waals surface area (Å²) in [6.45, 7) is 4.46. The third-order valence-corrected chi connectivity index (χ3v) is 2.64. The molecule has 0 aromatic heterocycles. The van der Waals surface area contributed by atoms with Crippen molar-refractivity contribution < 1.29 is 4.39 Å². The van der Waals surface area contributed by atoms with Gasteiger partial charge in [-0.05, 0) is 24.1 Å². The van der Waals surface area contributed by atoms with Gasteiger partial charge in [-0.15, -0.1) is 0 Å². The van der Waals surface area contributed by atoms with Gasteiger partial charge in [0.15, 0.2) is 0 Å². The van der Waals surface area contributed by atoms with Crippen LogP contribution in [0.25, 0.3) is 6.08 Å². The number of hydrogen-bond donors (Lipinski definition) is 1. The second kappa shape index (κ2) is 5.29. The predicted molar refractivity (Wildman–Crippen MR) is 63.3 cm³/mol. The molecule has 0 atom stereocenters. The molecule has 0 bridgehead atoms. The number of rotatable bonds is 3. The summed E-state index contributed by atoms with van der Waals surface area (Å²) in [4.78, 5) is 0. The fourth-order valence-electron chi connectivity index (χ4n) is 1.30. The van der Waals surface area contributed by atoms with Crippen LogP contribution in [0.5, 0.6) is 0 Å². The molecule has 3 heteroatoms. The van der Waals surface area contributed by atoms with E-state index >= 15 is 0 Å². The van der Waals surface area contributed by atoms with Gasteiger partial charge in [0.25, 0.3) is 0 Å². The van der Waals surface area contributed by atoms with E-state index in [-0.39, 0.29) is 5.82 Å². The van der Waals surface area contributed by atoms with E-state index in [2.05, 4.69) is 0 Å². The van der Waals surface area contributed by atoms with Crippen molar-refractivity contribution >= 4 is 17.7 Å². The van der Waals surface area contributed by atoms with E-state index in [4.69, 9.17) is 17.3 Å². The summed E-state index contributed by atoms with van der Waals surface area (Å²) in [5, 5.41) is 0.418. The summed E-state index contributed by atoms with van der Waals surface area (Å²) >= 11 is 5.91. The Morgan fingerprint density at radius 2 is 2.20 bits per heavy atom. The van der Waals surface area contributed by atoms with Crippen LogP contribution in [-0.2, 0) is 0 Å². The quantitative estimate of drug-likeness (QED) is 0.841. The van der Waals surface area contributed by atoms with E-state index in [1.165, 1.54) is 6.07 Å². The summed E-state index contributed by atoms with van der Waals surface area (Å²) in [5.74, 6) is -0.0141. The van der Waals surface area contributed by atoms with E-state index in [1.54, 1.807) is 18.2 Å². The Labute approximate surface area is 94.7 Å². The summed E-state index contributed by atoms with van der Waals surface area (Å²) in [6, 6.07) is 4.66. The summed E-state index contributed by atoms with van der Waals surface area (Å²) in [7, 11) is 0. The third-order valence-electron chi connectivity index (χ3n) is 2.31. The van der Waals surface area contributed by atoms with Crippen molar-refractivity contribution in [2.24, 2.45) is 11.7 Å². The molecule has 2 N–H and O–H groups in total. The predicted octanol–water partition coefficient (Wildman–Crippen LogP) is 3.48. The summed E-state index contributed by atoms with van der Waals surface area (Å²) in [5.41, 5.74) is 7.00. The van der Waals surface area contributed by atoms with Crippen molar-refractivity contribution in [1.82, 2.24) is 0 Å². The second-order valence-corrected chi connectivity index (χ2v) is 4.12. The zero-order valence-electron chi connectivity index (χ0n) is 8.93. The van der Waals surface area contributed by atoms with Gasteiger partial charge in [-0.2, -0.15) is 0 Å². The van der Waals surface area contributed by atoms with Crippen LogP contribution in [-0.4, -0.2) is 6.54 Å². The van der Waals surface area contributed by atoms with Gasteiger partial charge in [-0.25, -0.2) is 4.39 Å². The highest BCUT2D eigenvalue weighted by molar-refractivity contribution is 6.32. The monoisotopic (exact) mass is 227 g/mol. The largest absolute Gasteiger partial charge is 0.327 e. The molecule has 0 unspecified atom stereocenters. The Kier molecular flexibility index (Phi) is 4.30. The van der Waals surface area contributed by atoms with Gasteiger partial charge in [-0.3, -0.25) is 0 Å². The van der Waals surface area contributed by atoms with Crippen molar-refractivity contribution in [3.8, 4) is 0 Å². The highest BCUT2D eigenvalue weighted by atomic mass is 35.5. The van der Waals surface area contributed by atoms with Gasteiger partial charge in [-0.1, -0.05) is 37.1 Å². The average molecular weight is 228 g/mol. The molecule has 0 saturated carbocycles. The average Bonchev–Trinajstić information content (AvgIpc) is 2.17. The number of benzene rings is 1. The first kappa shape index (κ1) is 12.2. The molecule has 0 amide bonds. The van der Waals surface area contributed by atoms with Crippen LogP contribution < -0.4 is 5.73 Å². The maximum absolute atomic E-state index is 13.4. The summed E-state index contributed by atoms with van der Waals surface area (Å²) < 4.78 is 13.4. The Morgan fingerprint density at radius 3 is 2.67 bits per heavy atom. The second-order valence-electron chi connectivity index (χ2n) is 3.71. The molecule has 1 rings (SSSR count). The maximum atomic E-state index is 13.4. The van der Waals surface area contributed by atoms with Gasteiger partial charge in [0, 0.05) is 12.1 Å². The Morgan fingerprint density at radius 1 is 1.53 bits per heavy atom. The van der Waals surface area contributed by atoms with Gasteiger partial charge in [0.05, 0.1) is 5.02 Å². The van der Waals surface area contributed by atoms with Crippen molar-refractivity contribution in [3.63, 3.8) is 0 Å². The molecule has 1 nitrogen and oxygen atoms in total. The zero-order valence-corrected chi connectivity index (χ0v) is 9.68. The molecule has 0 aliphatic rings. The molecular formula is C12H15ClFN. The molecule has 0 spiro atoms. The minimum Gasteiger partial charge on any atom is -0.327 e. The Balaban J connectivity index is 3.16. The highest BCUT2D eigenvalue weighted by Crippen LogP contribution is 2.23. The van der Waals surface area contributed by atoms with Crippen molar-refractivity contribution in [2.75, 3.05) is 6.54 Å². The Hall–Kier alpha value is -0.860. The molecular weight excluding hydrogens is 213 g/mol. The van der Waals surface area contributed by atoms with Gasteiger partial charge < -0.3 is 5.73 Å². The highest BCUT2D eigenvalue weighted by Gasteiger charge is 2.07. The standard InChI is InChI=1S/C12H15ClFN/c1-8(2)9(7-15)6-10-11(13)4-3-5-12(10)14/h3-6,8H,7,15H2,1-2H3. The molecule has 0 aliphatic carbocycles. The van der Waals surface area contributed by atoms with Crippen LogP contribution in [0.3, 0.4) is 0 Å². The first-order chi connectivity index (χ1) is 7.06. The first-order valence-corrected chi connectivity index (χ1v) is 5.28. The molecule has 1 aromatic rings. The van der Waals surface area contributed by atoms with Crippen LogP contribution in [0, 0.1) is 11.7 Å². The van der Waals surface area contributed by atoms with Crippen LogP contribution in [0.1, 0.15) is 19.4 Å². The fourth-order valence-corrected chi connectivity index (χ4v) is 1.51. The fraction of sp³-hybridized carbons (Fsp3) is 0.333. The Bertz CT molecular complexity index is 352. The lowest BCUT2D eigenvalue weighted by Crippen LogP contribution is -2.08. The lowest BCUT2D eigenvalue weighted by molar-refractivity contribution is 0.624. The number of hydrogen-bond acceptors (Lipinski definition) is 1. The van der Waals surface area contributed by atoms with Gasteiger partial charge >= 0.3 is 0 Å². The van der Waals surface area contributed by atoms with Crippen LogP contribution >= 0.6 is 11.6 Å². The molecule has 0 radical (unpaired) electrons. The molecule has 82 valence electrons. The summed E-state index contributed by atoms with van der Waals surface area (Å²) in [6.07, 6.45) is 1.74. The van der Waals surface area contributed by atoms with E-state index < -0.39 is 0 Å². The SMILES string of the molecule is CC(C)C(=Cc1c(F)cccc1Cl)CN. The lowest BCUT2D eigenvalue weighted by atomic mass is 10.0. The van der Waals surface area contributed by atoms with E-state index in [9.17, 15) is 4.39 Å². The van der Waals surface area contributed by atoms with E-state index in [1.807, 2.05) is 13.8 Å². The minimum absolute atomic E-state index is 0.297. The third kappa shape index (κ3) is 3.05. The van der Waals surface area contributed by atoms with Crippen LogP contribution in [0.2, 0.25) is 5.02 Å². The maximum Gasteiger partial charge on any atom is 0.131 e. The topological polar surface area (TPSA) is 26.0 Å². The molecule has 0 fully saturated rings. The van der Waals surface area contributed by atoms with Crippen molar-refractivity contribution in [2.45, 2.75) is 13.8 Å². The molecule has 15 heavy (non-hydrogen) atoms. The minimum atomic E-state index is -0.311. The molecule has 0 heterocycles. The zero-order chi connectivity index (χ0) is 11.4. The lowest BCUT2D eigenvalue weighted by Gasteiger charge is -2.09. The van der Waals surface area contributed by atoms with Crippen molar-refractivity contribution in [1.29, 1.82) is 0 Å².